The molecule has 1 aliphatic rings. The van der Waals surface area contributed by atoms with Crippen LogP contribution in [0.2, 0.25) is 0 Å². The molecule has 2 aromatic carbocycles. The molecule has 0 aliphatic carbocycles. The molecule has 3 rings (SSSR count). The average Bonchev–Trinajstić information content (AvgIpc) is 2.65. The molecule has 5 nitrogen and oxygen atoms in total. The number of benzene rings is 2. The quantitative estimate of drug-likeness (QED) is 0.416. The first-order valence-corrected chi connectivity index (χ1v) is 8.66. The summed E-state index contributed by atoms with van der Waals surface area (Å²) in [7, 11) is 0. The molecule has 6 heteroatoms. The maximum atomic E-state index is 11.1. The summed E-state index contributed by atoms with van der Waals surface area (Å²) in [6, 6.07) is 15.9. The highest BCUT2D eigenvalue weighted by atomic mass is 127. The highest BCUT2D eigenvalue weighted by molar-refractivity contribution is 14.0. The lowest BCUT2D eigenvalue weighted by molar-refractivity contribution is 0.100. The SMILES string of the molecule is CCNC(=NCc1ccc(C(N)=O)cc1)N1CCc2ccccc2C1.I. The van der Waals surface area contributed by atoms with Crippen molar-refractivity contribution >= 4 is 35.8 Å². The van der Waals surface area contributed by atoms with Crippen molar-refractivity contribution in [2.75, 3.05) is 13.1 Å². The average molecular weight is 464 g/mol. The largest absolute Gasteiger partial charge is 0.366 e. The fourth-order valence-corrected chi connectivity index (χ4v) is 3.04. The molecule has 0 unspecified atom stereocenters. The molecule has 26 heavy (non-hydrogen) atoms. The summed E-state index contributed by atoms with van der Waals surface area (Å²) in [6.45, 7) is 5.32. The summed E-state index contributed by atoms with van der Waals surface area (Å²) in [5.41, 5.74) is 9.65. The van der Waals surface area contributed by atoms with Gasteiger partial charge >= 0.3 is 0 Å². The van der Waals surface area contributed by atoms with E-state index in [1.54, 1.807) is 12.1 Å². The summed E-state index contributed by atoms with van der Waals surface area (Å²) < 4.78 is 0. The Kier molecular flexibility index (Phi) is 7.44. The summed E-state index contributed by atoms with van der Waals surface area (Å²) in [4.78, 5) is 18.2. The van der Waals surface area contributed by atoms with Crippen LogP contribution < -0.4 is 11.1 Å². The number of primary amides is 1. The smallest absolute Gasteiger partial charge is 0.248 e. The van der Waals surface area contributed by atoms with Crippen molar-refractivity contribution in [3.05, 3.63) is 70.8 Å². The van der Waals surface area contributed by atoms with Gasteiger partial charge in [0.2, 0.25) is 5.91 Å². The van der Waals surface area contributed by atoms with Crippen LogP contribution in [0.25, 0.3) is 0 Å². The van der Waals surface area contributed by atoms with Crippen LogP contribution in [0.5, 0.6) is 0 Å². The Morgan fingerprint density at radius 1 is 1.15 bits per heavy atom. The molecule has 0 saturated heterocycles. The number of carbonyl (C=O) groups is 1. The third-order valence-electron chi connectivity index (χ3n) is 4.41. The highest BCUT2D eigenvalue weighted by Crippen LogP contribution is 2.18. The molecular formula is C20H25IN4O. The molecule has 2 aromatic rings. The minimum absolute atomic E-state index is 0. The van der Waals surface area contributed by atoms with Gasteiger partial charge in [0.1, 0.15) is 0 Å². The van der Waals surface area contributed by atoms with Crippen LogP contribution in [-0.4, -0.2) is 29.9 Å². The lowest BCUT2D eigenvalue weighted by Crippen LogP contribution is -2.44. The fourth-order valence-electron chi connectivity index (χ4n) is 3.04. The number of carbonyl (C=O) groups excluding carboxylic acids is 1. The highest BCUT2D eigenvalue weighted by Gasteiger charge is 2.18. The molecule has 3 N–H and O–H groups in total. The van der Waals surface area contributed by atoms with E-state index in [1.807, 2.05) is 12.1 Å². The van der Waals surface area contributed by atoms with Crippen LogP contribution >= 0.6 is 24.0 Å². The number of guanidine groups is 1. The van der Waals surface area contributed by atoms with Gasteiger partial charge in [-0.15, -0.1) is 24.0 Å². The Morgan fingerprint density at radius 3 is 2.50 bits per heavy atom. The predicted octanol–water partition coefficient (Wildman–Crippen LogP) is 2.93. The van der Waals surface area contributed by atoms with Gasteiger partial charge in [0.15, 0.2) is 5.96 Å². The lowest BCUT2D eigenvalue weighted by Gasteiger charge is -2.31. The molecule has 1 aliphatic heterocycles. The second-order valence-corrected chi connectivity index (χ2v) is 6.17. The van der Waals surface area contributed by atoms with E-state index in [2.05, 4.69) is 41.4 Å². The Labute approximate surface area is 171 Å². The number of hydrogen-bond acceptors (Lipinski definition) is 2. The molecule has 1 amide bonds. The Balaban J connectivity index is 0.00000243. The number of nitrogens with two attached hydrogens (primary N) is 1. The van der Waals surface area contributed by atoms with Crippen molar-refractivity contribution in [2.45, 2.75) is 26.4 Å². The summed E-state index contributed by atoms with van der Waals surface area (Å²) in [6.07, 6.45) is 1.04. The zero-order valence-corrected chi connectivity index (χ0v) is 17.3. The molecule has 0 spiro atoms. The zero-order chi connectivity index (χ0) is 17.6. The van der Waals surface area contributed by atoms with Crippen molar-refractivity contribution < 1.29 is 4.79 Å². The molecular weight excluding hydrogens is 439 g/mol. The van der Waals surface area contributed by atoms with E-state index in [4.69, 9.17) is 10.7 Å². The van der Waals surface area contributed by atoms with E-state index in [0.29, 0.717) is 12.1 Å². The van der Waals surface area contributed by atoms with Gasteiger partial charge in [-0.2, -0.15) is 0 Å². The number of rotatable bonds is 4. The van der Waals surface area contributed by atoms with Gasteiger partial charge in [-0.05, 0) is 42.2 Å². The predicted molar refractivity (Wildman–Crippen MR) is 116 cm³/mol. The number of nitrogens with zero attached hydrogens (tertiary/aromatic N) is 2. The maximum absolute atomic E-state index is 11.1. The van der Waals surface area contributed by atoms with Crippen LogP contribution in [0.1, 0.15) is 34.0 Å². The molecule has 0 atom stereocenters. The van der Waals surface area contributed by atoms with Crippen molar-refractivity contribution in [3.8, 4) is 0 Å². The van der Waals surface area contributed by atoms with E-state index in [9.17, 15) is 4.79 Å². The van der Waals surface area contributed by atoms with E-state index in [0.717, 1.165) is 37.6 Å². The van der Waals surface area contributed by atoms with Crippen LogP contribution in [0.4, 0.5) is 0 Å². The van der Waals surface area contributed by atoms with Gasteiger partial charge < -0.3 is 16.0 Å². The molecule has 1 heterocycles. The van der Waals surface area contributed by atoms with Crippen molar-refractivity contribution in [2.24, 2.45) is 10.7 Å². The molecule has 0 bridgehead atoms. The van der Waals surface area contributed by atoms with Crippen molar-refractivity contribution in [3.63, 3.8) is 0 Å². The van der Waals surface area contributed by atoms with Gasteiger partial charge in [0.25, 0.3) is 0 Å². The number of halogens is 1. The van der Waals surface area contributed by atoms with Crippen molar-refractivity contribution in [1.82, 2.24) is 10.2 Å². The number of aliphatic imine (C=N–C) groups is 1. The topological polar surface area (TPSA) is 70.7 Å². The van der Waals surface area contributed by atoms with Gasteiger partial charge in [0, 0.05) is 25.2 Å². The van der Waals surface area contributed by atoms with E-state index in [1.165, 1.54) is 11.1 Å². The minimum Gasteiger partial charge on any atom is -0.366 e. The molecule has 0 aromatic heterocycles. The standard InChI is InChI=1S/C20H24N4O.HI/c1-2-22-20(23-13-15-7-9-17(10-8-15)19(21)25)24-12-11-16-5-3-4-6-18(16)14-24;/h3-10H,2,11-14H2,1H3,(H2,21,25)(H,22,23);1H. The summed E-state index contributed by atoms with van der Waals surface area (Å²) in [5.74, 6) is 0.520. The van der Waals surface area contributed by atoms with Gasteiger partial charge in [-0.1, -0.05) is 36.4 Å². The fraction of sp³-hybridized carbons (Fsp3) is 0.300. The first-order valence-electron chi connectivity index (χ1n) is 8.66. The zero-order valence-electron chi connectivity index (χ0n) is 14.9. The number of nitrogens with one attached hydrogen (secondary N) is 1. The Morgan fingerprint density at radius 2 is 1.85 bits per heavy atom. The van der Waals surface area contributed by atoms with Crippen molar-refractivity contribution in [1.29, 1.82) is 0 Å². The monoisotopic (exact) mass is 464 g/mol. The minimum atomic E-state index is -0.407. The van der Waals surface area contributed by atoms with E-state index in [-0.39, 0.29) is 24.0 Å². The van der Waals surface area contributed by atoms with E-state index >= 15 is 0 Å². The first kappa shape index (κ1) is 20.2. The Hall–Kier alpha value is -2.09. The van der Waals surface area contributed by atoms with Gasteiger partial charge in [-0.25, -0.2) is 4.99 Å². The molecule has 0 saturated carbocycles. The normalized spacial score (nSPS) is 13.6. The second-order valence-electron chi connectivity index (χ2n) is 6.17. The maximum Gasteiger partial charge on any atom is 0.248 e. The van der Waals surface area contributed by atoms with Crippen LogP contribution in [0.3, 0.4) is 0 Å². The Bertz CT molecular complexity index is 774. The third kappa shape index (κ3) is 4.97. The third-order valence-corrected chi connectivity index (χ3v) is 4.41. The van der Waals surface area contributed by atoms with Crippen LogP contribution in [-0.2, 0) is 19.5 Å². The first-order chi connectivity index (χ1) is 12.2. The van der Waals surface area contributed by atoms with Gasteiger partial charge in [-0.3, -0.25) is 4.79 Å². The molecule has 138 valence electrons. The lowest BCUT2D eigenvalue weighted by atomic mass is 10.0. The number of hydrogen-bond donors (Lipinski definition) is 2. The van der Waals surface area contributed by atoms with Crippen LogP contribution in [0, 0.1) is 0 Å². The second kappa shape index (κ2) is 9.56. The number of fused-ring (bicyclic) bond motifs is 1. The van der Waals surface area contributed by atoms with Gasteiger partial charge in [0.05, 0.1) is 6.54 Å². The van der Waals surface area contributed by atoms with E-state index < -0.39 is 5.91 Å². The summed E-state index contributed by atoms with van der Waals surface area (Å²) >= 11 is 0. The number of amides is 1. The molecule has 0 radical (unpaired) electrons. The molecule has 0 fully saturated rings. The summed E-state index contributed by atoms with van der Waals surface area (Å²) in [5, 5.41) is 3.38. The van der Waals surface area contributed by atoms with Crippen LogP contribution in [0.15, 0.2) is 53.5 Å².